The second kappa shape index (κ2) is 7.64. The summed E-state index contributed by atoms with van der Waals surface area (Å²) in [7, 11) is 1.27. The number of carbonyl (C=O) groups is 1. The Morgan fingerprint density at radius 1 is 1.00 bits per heavy atom. The van der Waals surface area contributed by atoms with Crippen LogP contribution in [0.15, 0.2) is 71.5 Å². The molecule has 0 amide bonds. The summed E-state index contributed by atoms with van der Waals surface area (Å²) in [6, 6.07) is 15.6. The van der Waals surface area contributed by atoms with Gasteiger partial charge >= 0.3 is 12.1 Å². The number of halogens is 2. The average Bonchev–Trinajstić information content (AvgIpc) is 2.68. The number of aromatic nitrogens is 1. The fraction of sp³-hybridized carbons (Fsp3) is 0.143. The molecule has 0 unspecified atom stereocenters. The lowest BCUT2D eigenvalue weighted by Crippen LogP contribution is -2.25. The van der Waals surface area contributed by atoms with Crippen molar-refractivity contribution in [3.05, 3.63) is 93.9 Å². The van der Waals surface area contributed by atoms with Crippen LogP contribution < -0.4 is 10.3 Å². The van der Waals surface area contributed by atoms with Crippen molar-refractivity contribution in [2.75, 3.05) is 7.11 Å². The van der Waals surface area contributed by atoms with Crippen LogP contribution in [0.3, 0.4) is 0 Å². The summed E-state index contributed by atoms with van der Waals surface area (Å²) in [5, 5.41) is 0. The summed E-state index contributed by atoms with van der Waals surface area (Å²) < 4.78 is 39.4. The minimum Gasteiger partial charge on any atom is -0.465 e. The molecule has 0 atom stereocenters. The molecule has 0 radical (unpaired) electrons. The number of hydrogen-bond acceptors (Lipinski definition) is 4. The van der Waals surface area contributed by atoms with Gasteiger partial charge in [0.2, 0.25) is 0 Å². The predicted molar refractivity (Wildman–Crippen MR) is 99.1 cm³/mol. The molecule has 1 aromatic heterocycles. The zero-order valence-electron chi connectivity index (χ0n) is 15.2. The zero-order valence-corrected chi connectivity index (χ0v) is 15.2. The van der Waals surface area contributed by atoms with Crippen molar-refractivity contribution in [3.8, 4) is 11.4 Å². The average molecular weight is 385 g/mol. The molecule has 7 heteroatoms. The molecule has 0 saturated heterocycles. The second-order valence-electron chi connectivity index (χ2n) is 6.03. The molecule has 0 aliphatic carbocycles. The Morgan fingerprint density at radius 2 is 1.64 bits per heavy atom. The Kier molecular flexibility index (Phi) is 5.26. The van der Waals surface area contributed by atoms with E-state index in [9.17, 15) is 18.4 Å². The van der Waals surface area contributed by atoms with Gasteiger partial charge in [0.25, 0.3) is 5.56 Å². The van der Waals surface area contributed by atoms with E-state index in [4.69, 9.17) is 4.74 Å². The summed E-state index contributed by atoms with van der Waals surface area (Å²) in [5.41, 5.74) is 0.369. The van der Waals surface area contributed by atoms with E-state index in [1.54, 1.807) is 25.1 Å². The van der Waals surface area contributed by atoms with Crippen LogP contribution in [0.2, 0.25) is 0 Å². The van der Waals surface area contributed by atoms with Crippen LogP contribution in [0.4, 0.5) is 8.78 Å². The molecule has 2 aromatic carbocycles. The highest BCUT2D eigenvalue weighted by molar-refractivity contribution is 5.89. The molecule has 144 valence electrons. The first-order chi connectivity index (χ1) is 13.3. The van der Waals surface area contributed by atoms with Gasteiger partial charge in [0.15, 0.2) is 0 Å². The van der Waals surface area contributed by atoms with Crippen molar-refractivity contribution in [1.82, 2.24) is 4.57 Å². The van der Waals surface area contributed by atoms with E-state index in [0.717, 1.165) is 6.07 Å². The van der Waals surface area contributed by atoms with Gasteiger partial charge in [0.05, 0.1) is 18.2 Å². The predicted octanol–water partition coefficient (Wildman–Crippen LogP) is 4.06. The van der Waals surface area contributed by atoms with Gasteiger partial charge in [0, 0.05) is 23.5 Å². The maximum atomic E-state index is 14.3. The van der Waals surface area contributed by atoms with E-state index in [1.807, 2.05) is 0 Å². The smallest absolute Gasteiger partial charge is 0.426 e. The van der Waals surface area contributed by atoms with Gasteiger partial charge in [-0.2, -0.15) is 8.78 Å². The van der Waals surface area contributed by atoms with Gasteiger partial charge in [-0.15, -0.1) is 0 Å². The number of methoxy groups -OCH3 is 1. The fourth-order valence-electron chi connectivity index (χ4n) is 2.77. The van der Waals surface area contributed by atoms with E-state index in [1.165, 1.54) is 54.1 Å². The number of alkyl halides is 2. The van der Waals surface area contributed by atoms with Crippen LogP contribution in [-0.2, 0) is 10.8 Å². The number of hydrogen-bond donors (Lipinski definition) is 0. The van der Waals surface area contributed by atoms with E-state index in [-0.39, 0.29) is 11.3 Å². The fourth-order valence-corrected chi connectivity index (χ4v) is 2.77. The van der Waals surface area contributed by atoms with Gasteiger partial charge in [-0.3, -0.25) is 9.36 Å². The lowest BCUT2D eigenvalue weighted by molar-refractivity contribution is -0.185. The number of rotatable bonds is 5. The Labute approximate surface area is 159 Å². The summed E-state index contributed by atoms with van der Waals surface area (Å²) in [6.45, 7) is 1.60. The molecular weight excluding hydrogens is 368 g/mol. The van der Waals surface area contributed by atoms with Gasteiger partial charge in [0.1, 0.15) is 5.75 Å². The third-order valence-corrected chi connectivity index (χ3v) is 4.09. The van der Waals surface area contributed by atoms with Gasteiger partial charge in [-0.1, -0.05) is 18.2 Å². The van der Waals surface area contributed by atoms with Crippen molar-refractivity contribution < 1.29 is 23.0 Å². The Bertz CT molecular complexity index is 1040. The molecule has 0 spiro atoms. The van der Waals surface area contributed by atoms with E-state index in [2.05, 4.69) is 4.74 Å². The van der Waals surface area contributed by atoms with Crippen molar-refractivity contribution in [1.29, 1.82) is 0 Å². The molecule has 5 nitrogen and oxygen atoms in total. The lowest BCUT2D eigenvalue weighted by atomic mass is 10.2. The van der Waals surface area contributed by atoms with E-state index in [0.29, 0.717) is 16.9 Å². The molecular formula is C21H17F2NO4. The van der Waals surface area contributed by atoms with E-state index >= 15 is 0 Å². The monoisotopic (exact) mass is 385 g/mol. The Balaban J connectivity index is 1.91. The van der Waals surface area contributed by atoms with Crippen LogP contribution >= 0.6 is 0 Å². The number of benzene rings is 2. The summed E-state index contributed by atoms with van der Waals surface area (Å²) in [6.07, 6.45) is -3.57. The molecule has 1 heterocycles. The molecule has 0 fully saturated rings. The van der Waals surface area contributed by atoms with Gasteiger partial charge < -0.3 is 9.47 Å². The maximum absolute atomic E-state index is 14.3. The summed E-state index contributed by atoms with van der Waals surface area (Å²) >= 11 is 0. The molecule has 3 aromatic rings. The molecule has 0 saturated carbocycles. The SMILES string of the molecule is COC(=O)c1ccc(-n2c(C)cc(OC(F)(F)c3ccccc3)cc2=O)cc1. The van der Waals surface area contributed by atoms with Gasteiger partial charge in [-0.25, -0.2) is 4.79 Å². The third kappa shape index (κ3) is 3.93. The van der Waals surface area contributed by atoms with Crippen molar-refractivity contribution in [3.63, 3.8) is 0 Å². The molecule has 3 rings (SSSR count). The quantitative estimate of drug-likeness (QED) is 0.622. The number of esters is 1. The Hall–Kier alpha value is -3.48. The van der Waals surface area contributed by atoms with Crippen molar-refractivity contribution in [2.45, 2.75) is 13.0 Å². The zero-order chi connectivity index (χ0) is 20.3. The van der Waals surface area contributed by atoms with Crippen LogP contribution in [0.25, 0.3) is 5.69 Å². The molecule has 28 heavy (non-hydrogen) atoms. The van der Waals surface area contributed by atoms with Crippen LogP contribution in [0, 0.1) is 6.92 Å². The minimum absolute atomic E-state index is 0.237. The number of pyridine rings is 1. The standard InChI is InChI=1S/C21H17F2NO4/c1-14-12-18(28-21(22,23)16-6-4-3-5-7-16)13-19(25)24(14)17-10-8-15(9-11-17)20(26)27-2/h3-13H,1-2H3. The first kappa shape index (κ1) is 19.3. The highest BCUT2D eigenvalue weighted by Gasteiger charge is 2.34. The molecule has 0 aliphatic heterocycles. The molecule has 0 N–H and O–H groups in total. The second-order valence-corrected chi connectivity index (χ2v) is 6.03. The van der Waals surface area contributed by atoms with Crippen molar-refractivity contribution in [2.24, 2.45) is 0 Å². The number of nitrogens with zero attached hydrogens (tertiary/aromatic N) is 1. The lowest BCUT2D eigenvalue weighted by Gasteiger charge is -2.19. The number of carbonyl (C=O) groups excluding carboxylic acids is 1. The minimum atomic E-state index is -3.57. The summed E-state index contributed by atoms with van der Waals surface area (Å²) in [4.78, 5) is 24.0. The van der Waals surface area contributed by atoms with Crippen LogP contribution in [0.5, 0.6) is 5.75 Å². The normalized spacial score (nSPS) is 11.1. The number of aryl methyl sites for hydroxylation is 1. The highest BCUT2D eigenvalue weighted by atomic mass is 19.3. The van der Waals surface area contributed by atoms with E-state index < -0.39 is 17.6 Å². The first-order valence-corrected chi connectivity index (χ1v) is 8.36. The van der Waals surface area contributed by atoms with Gasteiger partial charge in [-0.05, 0) is 43.3 Å². The van der Waals surface area contributed by atoms with Crippen LogP contribution in [0.1, 0.15) is 21.6 Å². The maximum Gasteiger partial charge on any atom is 0.426 e. The topological polar surface area (TPSA) is 57.5 Å². The number of ether oxygens (including phenoxy) is 2. The highest BCUT2D eigenvalue weighted by Crippen LogP contribution is 2.31. The largest absolute Gasteiger partial charge is 0.465 e. The van der Waals surface area contributed by atoms with Crippen molar-refractivity contribution >= 4 is 5.97 Å². The summed E-state index contributed by atoms with van der Waals surface area (Å²) in [5.74, 6) is -0.735. The Morgan fingerprint density at radius 3 is 2.21 bits per heavy atom. The first-order valence-electron chi connectivity index (χ1n) is 8.36. The van der Waals surface area contributed by atoms with Crippen LogP contribution in [-0.4, -0.2) is 17.6 Å². The third-order valence-electron chi connectivity index (χ3n) is 4.09. The molecule has 0 aliphatic rings. The molecule has 0 bridgehead atoms.